The fraction of sp³-hybridized carbons (Fsp3) is 0.571. The van der Waals surface area contributed by atoms with Gasteiger partial charge < -0.3 is 10.4 Å². The van der Waals surface area contributed by atoms with Crippen LogP contribution in [0.1, 0.15) is 31.2 Å². The Morgan fingerprint density at radius 2 is 1.90 bits per heavy atom. The van der Waals surface area contributed by atoms with E-state index in [1.807, 2.05) is 0 Å². The minimum Gasteiger partial charge on any atom is -0.393 e. The summed E-state index contributed by atoms with van der Waals surface area (Å²) >= 11 is -0.0976. The molecular weight excluding hydrogens is 287 g/mol. The minimum absolute atomic E-state index is 0.0976. The van der Waals surface area contributed by atoms with Gasteiger partial charge in [-0.25, -0.2) is 0 Å². The molecule has 0 heterocycles. The molecule has 0 aromatic heterocycles. The van der Waals surface area contributed by atoms with Gasteiger partial charge in [-0.2, -0.15) is 13.2 Å². The average Bonchev–Trinajstić information content (AvgIpc) is 2.36. The van der Waals surface area contributed by atoms with Gasteiger partial charge in [0, 0.05) is 17.5 Å². The summed E-state index contributed by atoms with van der Waals surface area (Å²) in [7, 11) is 0. The first-order chi connectivity index (χ1) is 9.42. The Morgan fingerprint density at radius 3 is 2.50 bits per heavy atom. The van der Waals surface area contributed by atoms with Crippen molar-refractivity contribution in [1.82, 2.24) is 5.32 Å². The van der Waals surface area contributed by atoms with Gasteiger partial charge in [-0.15, -0.1) is 0 Å². The number of rotatable bonds is 4. The van der Waals surface area contributed by atoms with E-state index in [1.165, 1.54) is 12.1 Å². The third-order valence-electron chi connectivity index (χ3n) is 3.40. The van der Waals surface area contributed by atoms with Crippen LogP contribution in [0.2, 0.25) is 0 Å². The van der Waals surface area contributed by atoms with E-state index in [0.717, 1.165) is 31.2 Å². The standard InChI is InChI=1S/C14H18F3NOS/c15-14(16,17)20-13-6-4-10(5-7-13)9-18-11-2-1-3-12(19)8-11/h4-7,11-12,18-19H,1-3,8-9H2. The van der Waals surface area contributed by atoms with E-state index in [2.05, 4.69) is 5.32 Å². The van der Waals surface area contributed by atoms with Crippen LogP contribution in [0.15, 0.2) is 29.2 Å². The zero-order valence-electron chi connectivity index (χ0n) is 11.0. The molecule has 0 saturated heterocycles. The summed E-state index contributed by atoms with van der Waals surface area (Å²) in [4.78, 5) is 0.203. The summed E-state index contributed by atoms with van der Waals surface area (Å²) in [6.07, 6.45) is 3.44. The molecule has 1 aliphatic rings. The molecule has 2 rings (SSSR count). The number of nitrogens with one attached hydrogen (secondary N) is 1. The molecule has 1 aromatic carbocycles. The highest BCUT2D eigenvalue weighted by molar-refractivity contribution is 8.00. The Kier molecular flexibility index (Phi) is 5.35. The Balaban J connectivity index is 1.81. The minimum atomic E-state index is -4.24. The summed E-state index contributed by atoms with van der Waals surface area (Å²) in [6.45, 7) is 0.619. The maximum absolute atomic E-state index is 12.2. The van der Waals surface area contributed by atoms with Gasteiger partial charge in [-0.05, 0) is 55.1 Å². The van der Waals surface area contributed by atoms with Crippen LogP contribution in [-0.4, -0.2) is 22.8 Å². The molecule has 0 amide bonds. The number of aliphatic hydroxyl groups excluding tert-OH is 1. The zero-order chi connectivity index (χ0) is 14.6. The molecule has 2 atom stereocenters. The number of hydrogen-bond donors (Lipinski definition) is 2. The molecule has 0 radical (unpaired) electrons. The molecule has 0 bridgehead atoms. The molecule has 1 aromatic rings. The van der Waals surface area contributed by atoms with Crippen LogP contribution < -0.4 is 5.32 Å². The summed E-state index contributed by atoms with van der Waals surface area (Å²) in [6, 6.07) is 6.69. The highest BCUT2D eigenvalue weighted by Crippen LogP contribution is 2.36. The van der Waals surface area contributed by atoms with E-state index in [4.69, 9.17) is 0 Å². The molecule has 0 aliphatic heterocycles. The fourth-order valence-corrected chi connectivity index (χ4v) is 2.96. The van der Waals surface area contributed by atoms with Crippen LogP contribution in [0.5, 0.6) is 0 Å². The number of alkyl halides is 3. The van der Waals surface area contributed by atoms with Crippen LogP contribution in [0.25, 0.3) is 0 Å². The van der Waals surface area contributed by atoms with Crippen LogP contribution in [0, 0.1) is 0 Å². The lowest BCUT2D eigenvalue weighted by Crippen LogP contribution is -2.35. The van der Waals surface area contributed by atoms with Crippen LogP contribution in [0.3, 0.4) is 0 Å². The lowest BCUT2D eigenvalue weighted by molar-refractivity contribution is -0.0328. The van der Waals surface area contributed by atoms with Gasteiger partial charge >= 0.3 is 5.51 Å². The molecule has 1 fully saturated rings. The Bertz CT molecular complexity index is 421. The van der Waals surface area contributed by atoms with Crippen LogP contribution >= 0.6 is 11.8 Å². The lowest BCUT2D eigenvalue weighted by atomic mass is 9.93. The molecule has 20 heavy (non-hydrogen) atoms. The third kappa shape index (κ3) is 5.34. The Morgan fingerprint density at radius 1 is 1.20 bits per heavy atom. The van der Waals surface area contributed by atoms with Gasteiger partial charge in [0.25, 0.3) is 0 Å². The Labute approximate surface area is 120 Å². The second-order valence-electron chi connectivity index (χ2n) is 5.09. The maximum Gasteiger partial charge on any atom is 0.446 e. The highest BCUT2D eigenvalue weighted by atomic mass is 32.2. The summed E-state index contributed by atoms with van der Waals surface area (Å²) in [5, 5.41) is 12.9. The number of aliphatic hydroxyl groups is 1. The fourth-order valence-electron chi connectivity index (χ4n) is 2.42. The highest BCUT2D eigenvalue weighted by Gasteiger charge is 2.29. The zero-order valence-corrected chi connectivity index (χ0v) is 11.8. The van der Waals surface area contributed by atoms with Crippen molar-refractivity contribution in [2.24, 2.45) is 0 Å². The van der Waals surface area contributed by atoms with Crippen molar-refractivity contribution in [1.29, 1.82) is 0 Å². The summed E-state index contributed by atoms with van der Waals surface area (Å²) in [5.41, 5.74) is -3.28. The third-order valence-corrected chi connectivity index (χ3v) is 4.14. The monoisotopic (exact) mass is 305 g/mol. The van der Waals surface area contributed by atoms with Gasteiger partial charge in [-0.1, -0.05) is 12.1 Å². The molecule has 1 aliphatic carbocycles. The topological polar surface area (TPSA) is 32.3 Å². The van der Waals surface area contributed by atoms with E-state index in [1.54, 1.807) is 12.1 Å². The van der Waals surface area contributed by atoms with Crippen molar-refractivity contribution in [3.63, 3.8) is 0 Å². The van der Waals surface area contributed by atoms with Crippen LogP contribution in [0.4, 0.5) is 13.2 Å². The van der Waals surface area contributed by atoms with E-state index >= 15 is 0 Å². The van der Waals surface area contributed by atoms with Gasteiger partial charge in [0.15, 0.2) is 0 Å². The first kappa shape index (κ1) is 15.7. The quantitative estimate of drug-likeness (QED) is 0.832. The number of hydrogen-bond acceptors (Lipinski definition) is 3. The van der Waals surface area contributed by atoms with E-state index in [-0.39, 0.29) is 22.8 Å². The Hall–Kier alpha value is -0.720. The predicted octanol–water partition coefficient (Wildman–Crippen LogP) is 3.69. The van der Waals surface area contributed by atoms with Crippen LogP contribution in [-0.2, 0) is 6.54 Å². The molecule has 2 N–H and O–H groups in total. The molecule has 6 heteroatoms. The van der Waals surface area contributed by atoms with Gasteiger partial charge in [0.1, 0.15) is 0 Å². The SMILES string of the molecule is OC1CCCC(NCc2ccc(SC(F)(F)F)cc2)C1. The number of benzene rings is 1. The normalized spacial score (nSPS) is 23.8. The molecule has 1 saturated carbocycles. The predicted molar refractivity (Wildman–Crippen MR) is 73.5 cm³/mol. The lowest BCUT2D eigenvalue weighted by Gasteiger charge is -2.26. The molecule has 0 spiro atoms. The van der Waals surface area contributed by atoms with Crippen molar-refractivity contribution in [2.45, 2.75) is 54.8 Å². The van der Waals surface area contributed by atoms with Gasteiger partial charge in [-0.3, -0.25) is 0 Å². The van der Waals surface area contributed by atoms with Crippen molar-refractivity contribution in [2.75, 3.05) is 0 Å². The largest absolute Gasteiger partial charge is 0.446 e. The molecular formula is C14H18F3NOS. The number of halogens is 3. The van der Waals surface area contributed by atoms with Crippen molar-refractivity contribution >= 4 is 11.8 Å². The van der Waals surface area contributed by atoms with Crippen molar-refractivity contribution < 1.29 is 18.3 Å². The first-order valence-corrected chi connectivity index (χ1v) is 7.50. The number of thioether (sulfide) groups is 1. The maximum atomic E-state index is 12.2. The molecule has 112 valence electrons. The molecule has 2 unspecified atom stereocenters. The smallest absolute Gasteiger partial charge is 0.393 e. The van der Waals surface area contributed by atoms with Gasteiger partial charge in [0.2, 0.25) is 0 Å². The van der Waals surface area contributed by atoms with Crippen molar-refractivity contribution in [3.05, 3.63) is 29.8 Å². The van der Waals surface area contributed by atoms with E-state index in [9.17, 15) is 18.3 Å². The summed E-state index contributed by atoms with van der Waals surface area (Å²) < 4.78 is 36.6. The van der Waals surface area contributed by atoms with E-state index in [0.29, 0.717) is 12.6 Å². The second kappa shape index (κ2) is 6.83. The summed E-state index contributed by atoms with van der Waals surface area (Å²) in [5.74, 6) is 0. The first-order valence-electron chi connectivity index (χ1n) is 6.68. The second-order valence-corrected chi connectivity index (χ2v) is 6.23. The van der Waals surface area contributed by atoms with Gasteiger partial charge in [0.05, 0.1) is 6.10 Å². The van der Waals surface area contributed by atoms with Crippen molar-refractivity contribution in [3.8, 4) is 0 Å². The van der Waals surface area contributed by atoms with E-state index < -0.39 is 5.51 Å². The average molecular weight is 305 g/mol. The molecule has 2 nitrogen and oxygen atoms in total.